The number of carbonyl (C=O) groups excluding carboxylic acids is 1. The standard InChI is InChI=1S/C19H21Cl2N3O3S2/c1-28-16-4-2-3-15(12-16)22-19(25)13-23-7-9-24(10-8-23)29(26,27)18-11-14(20)5-6-17(18)21/h2-6,11-12H,7-10,13H2,1H3,(H,22,25). The maximum absolute atomic E-state index is 12.9. The molecule has 1 aliphatic rings. The molecule has 1 amide bonds. The lowest BCUT2D eigenvalue weighted by Crippen LogP contribution is -2.50. The Kier molecular flexibility index (Phi) is 7.47. The molecule has 1 aliphatic heterocycles. The molecule has 0 unspecified atom stereocenters. The van der Waals surface area contributed by atoms with E-state index in [0.717, 1.165) is 10.6 Å². The highest BCUT2D eigenvalue weighted by molar-refractivity contribution is 7.98. The fraction of sp³-hybridized carbons (Fsp3) is 0.316. The molecule has 0 radical (unpaired) electrons. The number of nitrogens with one attached hydrogen (secondary N) is 1. The van der Waals surface area contributed by atoms with Gasteiger partial charge < -0.3 is 5.32 Å². The summed E-state index contributed by atoms with van der Waals surface area (Å²) in [5, 5.41) is 3.34. The van der Waals surface area contributed by atoms with Crippen LogP contribution in [0, 0.1) is 0 Å². The Bertz CT molecular complexity index is 994. The van der Waals surface area contributed by atoms with Crippen LogP contribution >= 0.6 is 35.0 Å². The SMILES string of the molecule is CSc1cccc(NC(=O)CN2CCN(S(=O)(=O)c3cc(Cl)ccc3Cl)CC2)c1. The van der Waals surface area contributed by atoms with Gasteiger partial charge in [-0.05, 0) is 42.7 Å². The van der Waals surface area contributed by atoms with Crippen LogP contribution in [-0.4, -0.2) is 62.5 Å². The van der Waals surface area contributed by atoms with Crippen molar-refractivity contribution in [2.24, 2.45) is 0 Å². The molecule has 0 atom stereocenters. The van der Waals surface area contributed by atoms with E-state index in [1.165, 1.54) is 16.4 Å². The van der Waals surface area contributed by atoms with Gasteiger partial charge in [0.25, 0.3) is 0 Å². The van der Waals surface area contributed by atoms with E-state index in [2.05, 4.69) is 5.32 Å². The summed E-state index contributed by atoms with van der Waals surface area (Å²) >= 11 is 13.6. The van der Waals surface area contributed by atoms with E-state index < -0.39 is 10.0 Å². The number of hydrogen-bond acceptors (Lipinski definition) is 5. The first-order chi connectivity index (χ1) is 13.8. The van der Waals surface area contributed by atoms with Gasteiger partial charge in [-0.25, -0.2) is 8.42 Å². The molecule has 156 valence electrons. The summed E-state index contributed by atoms with van der Waals surface area (Å²) in [5.74, 6) is -0.127. The van der Waals surface area contributed by atoms with Crippen LogP contribution in [0.25, 0.3) is 0 Å². The minimum absolute atomic E-state index is 0.00605. The Labute approximate surface area is 185 Å². The zero-order valence-corrected chi connectivity index (χ0v) is 18.9. The van der Waals surface area contributed by atoms with Crippen LogP contribution in [0.15, 0.2) is 52.3 Å². The van der Waals surface area contributed by atoms with Gasteiger partial charge in [0, 0.05) is 41.8 Å². The molecule has 0 bridgehead atoms. The topological polar surface area (TPSA) is 69.7 Å². The number of anilines is 1. The van der Waals surface area contributed by atoms with Crippen molar-refractivity contribution in [3.63, 3.8) is 0 Å². The molecule has 29 heavy (non-hydrogen) atoms. The Balaban J connectivity index is 1.57. The second-order valence-corrected chi connectivity index (χ2v) is 10.2. The maximum Gasteiger partial charge on any atom is 0.244 e. The van der Waals surface area contributed by atoms with Crippen LogP contribution < -0.4 is 5.32 Å². The third-order valence-corrected chi connectivity index (χ3v) is 7.90. The second-order valence-electron chi connectivity index (χ2n) is 6.54. The summed E-state index contributed by atoms with van der Waals surface area (Å²) in [6.07, 6.45) is 1.98. The van der Waals surface area contributed by atoms with E-state index in [-0.39, 0.29) is 35.5 Å². The van der Waals surface area contributed by atoms with Crippen molar-refractivity contribution >= 4 is 56.6 Å². The number of thioether (sulfide) groups is 1. The van der Waals surface area contributed by atoms with Crippen LogP contribution in [0.3, 0.4) is 0 Å². The third kappa shape index (κ3) is 5.65. The van der Waals surface area contributed by atoms with Gasteiger partial charge in [-0.15, -0.1) is 11.8 Å². The summed E-state index contributed by atoms with van der Waals surface area (Å²) in [6.45, 7) is 1.67. The van der Waals surface area contributed by atoms with Gasteiger partial charge in [-0.1, -0.05) is 29.3 Å². The van der Waals surface area contributed by atoms with Crippen molar-refractivity contribution < 1.29 is 13.2 Å². The zero-order valence-electron chi connectivity index (χ0n) is 15.8. The average molecular weight is 474 g/mol. The third-order valence-electron chi connectivity index (χ3n) is 4.56. The maximum atomic E-state index is 12.9. The zero-order chi connectivity index (χ0) is 21.0. The van der Waals surface area contributed by atoms with Gasteiger partial charge in [0.05, 0.1) is 11.6 Å². The van der Waals surface area contributed by atoms with E-state index in [9.17, 15) is 13.2 Å². The lowest BCUT2D eigenvalue weighted by Gasteiger charge is -2.33. The Hall–Kier alpha value is -1.29. The van der Waals surface area contributed by atoms with Crippen molar-refractivity contribution in [1.82, 2.24) is 9.21 Å². The summed E-state index contributed by atoms with van der Waals surface area (Å²) in [4.78, 5) is 15.3. The van der Waals surface area contributed by atoms with E-state index in [0.29, 0.717) is 18.1 Å². The average Bonchev–Trinajstić information content (AvgIpc) is 2.70. The molecule has 2 aromatic carbocycles. The van der Waals surface area contributed by atoms with Gasteiger partial charge in [-0.3, -0.25) is 9.69 Å². The normalized spacial score (nSPS) is 16.0. The van der Waals surface area contributed by atoms with Gasteiger partial charge >= 0.3 is 0 Å². The lowest BCUT2D eigenvalue weighted by atomic mass is 10.3. The smallest absolute Gasteiger partial charge is 0.244 e. The number of halogens is 2. The van der Waals surface area contributed by atoms with E-state index in [1.54, 1.807) is 17.8 Å². The van der Waals surface area contributed by atoms with E-state index >= 15 is 0 Å². The summed E-state index contributed by atoms with van der Waals surface area (Å²) in [7, 11) is -3.74. The molecule has 0 aliphatic carbocycles. The molecule has 0 spiro atoms. The molecule has 3 rings (SSSR count). The van der Waals surface area contributed by atoms with E-state index in [4.69, 9.17) is 23.2 Å². The summed E-state index contributed by atoms with van der Waals surface area (Å²) in [6, 6.07) is 12.0. The molecule has 1 saturated heterocycles. The van der Waals surface area contributed by atoms with Gasteiger partial charge in [0.1, 0.15) is 4.90 Å². The highest BCUT2D eigenvalue weighted by Crippen LogP contribution is 2.28. The molecule has 1 N–H and O–H groups in total. The Morgan fingerprint density at radius 1 is 1.10 bits per heavy atom. The van der Waals surface area contributed by atoms with E-state index in [1.807, 2.05) is 35.4 Å². The second kappa shape index (κ2) is 9.68. The summed E-state index contributed by atoms with van der Waals surface area (Å²) < 4.78 is 27.1. The first-order valence-electron chi connectivity index (χ1n) is 8.91. The number of carbonyl (C=O) groups is 1. The van der Waals surface area contributed by atoms with Crippen LogP contribution in [-0.2, 0) is 14.8 Å². The number of hydrogen-bond donors (Lipinski definition) is 1. The Morgan fingerprint density at radius 3 is 2.52 bits per heavy atom. The number of sulfonamides is 1. The monoisotopic (exact) mass is 473 g/mol. The van der Waals surface area contributed by atoms with Crippen molar-refractivity contribution in [3.05, 3.63) is 52.5 Å². The highest BCUT2D eigenvalue weighted by atomic mass is 35.5. The van der Waals surface area contributed by atoms with Gasteiger partial charge in [0.2, 0.25) is 15.9 Å². The van der Waals surface area contributed by atoms with Crippen molar-refractivity contribution in [1.29, 1.82) is 0 Å². The fourth-order valence-corrected chi connectivity index (χ4v) is 5.67. The van der Waals surface area contributed by atoms with Crippen LogP contribution in [0.1, 0.15) is 0 Å². The number of nitrogens with zero attached hydrogens (tertiary/aromatic N) is 2. The van der Waals surface area contributed by atoms with Crippen molar-refractivity contribution in [2.45, 2.75) is 9.79 Å². The molecule has 10 heteroatoms. The lowest BCUT2D eigenvalue weighted by molar-refractivity contribution is -0.117. The largest absolute Gasteiger partial charge is 0.325 e. The van der Waals surface area contributed by atoms with Crippen molar-refractivity contribution in [2.75, 3.05) is 44.3 Å². The molecule has 0 aromatic heterocycles. The molecule has 1 fully saturated rings. The van der Waals surface area contributed by atoms with Gasteiger partial charge in [-0.2, -0.15) is 4.31 Å². The predicted molar refractivity (Wildman–Crippen MR) is 119 cm³/mol. The quantitative estimate of drug-likeness (QED) is 0.648. The Morgan fingerprint density at radius 2 is 1.83 bits per heavy atom. The van der Waals surface area contributed by atoms with Crippen LogP contribution in [0.4, 0.5) is 5.69 Å². The summed E-state index contributed by atoms with van der Waals surface area (Å²) in [5.41, 5.74) is 0.749. The molecule has 6 nitrogen and oxygen atoms in total. The number of amides is 1. The molecule has 2 aromatic rings. The minimum Gasteiger partial charge on any atom is -0.325 e. The first-order valence-corrected chi connectivity index (χ1v) is 12.3. The predicted octanol–water partition coefficient (Wildman–Crippen LogP) is 3.66. The number of rotatable bonds is 6. The number of piperazine rings is 1. The number of benzene rings is 2. The molecular weight excluding hydrogens is 453 g/mol. The van der Waals surface area contributed by atoms with Crippen LogP contribution in [0.5, 0.6) is 0 Å². The van der Waals surface area contributed by atoms with Gasteiger partial charge in [0.15, 0.2) is 0 Å². The molecule has 1 heterocycles. The molecular formula is C19H21Cl2N3O3S2. The first kappa shape index (κ1) is 22.4. The van der Waals surface area contributed by atoms with Crippen LogP contribution in [0.2, 0.25) is 10.0 Å². The molecule has 0 saturated carbocycles. The highest BCUT2D eigenvalue weighted by Gasteiger charge is 2.30. The van der Waals surface area contributed by atoms with Crippen molar-refractivity contribution in [3.8, 4) is 0 Å². The fourth-order valence-electron chi connectivity index (χ4n) is 3.05. The minimum atomic E-state index is -3.74.